The molecule has 2 aliphatic carbocycles. The quantitative estimate of drug-likeness (QED) is 0.732. The van der Waals surface area contributed by atoms with Gasteiger partial charge in [0.2, 0.25) is 0 Å². The maximum atomic E-state index is 12.1. The molecule has 3 aliphatic rings. The fourth-order valence-corrected chi connectivity index (χ4v) is 4.87. The zero-order valence-corrected chi connectivity index (χ0v) is 10.1. The third-order valence-electron chi connectivity index (χ3n) is 4.61. The zero-order chi connectivity index (χ0) is 10.3. The molecule has 0 radical (unpaired) electrons. The Morgan fingerprint density at radius 3 is 2.40 bits per heavy atom. The molecule has 2 unspecified atom stereocenters. The lowest BCUT2D eigenvalue weighted by molar-refractivity contribution is -0.122. The van der Waals surface area contributed by atoms with E-state index in [0.29, 0.717) is 11.7 Å². The predicted molar refractivity (Wildman–Crippen MR) is 64.0 cm³/mol. The molecule has 2 heteroatoms. The molecule has 0 aromatic rings. The summed E-state index contributed by atoms with van der Waals surface area (Å²) in [5, 5.41) is 0. The van der Waals surface area contributed by atoms with Gasteiger partial charge in [0.15, 0.2) is 0 Å². The molecule has 0 aromatic carbocycles. The van der Waals surface area contributed by atoms with E-state index in [0.717, 1.165) is 24.2 Å². The molecule has 3 fully saturated rings. The molecule has 1 saturated heterocycles. The van der Waals surface area contributed by atoms with E-state index in [9.17, 15) is 4.79 Å². The van der Waals surface area contributed by atoms with E-state index < -0.39 is 0 Å². The van der Waals surface area contributed by atoms with Gasteiger partial charge < -0.3 is 0 Å². The second-order valence-electron chi connectivity index (χ2n) is 5.51. The number of carbonyl (C=O) groups is 1. The van der Waals surface area contributed by atoms with E-state index >= 15 is 0 Å². The highest BCUT2D eigenvalue weighted by atomic mass is 32.2. The standard InChI is InChI=1S/C13H20OS/c14-12(8-9-4-6-15-7-5-9)13-10-2-1-3-11(10)13/h9-11,13H,1-8H2. The third kappa shape index (κ3) is 1.98. The van der Waals surface area contributed by atoms with Crippen molar-refractivity contribution in [1.82, 2.24) is 0 Å². The van der Waals surface area contributed by atoms with Crippen molar-refractivity contribution in [3.05, 3.63) is 0 Å². The lowest BCUT2D eigenvalue weighted by Gasteiger charge is -2.20. The van der Waals surface area contributed by atoms with Crippen LogP contribution in [0.1, 0.15) is 38.5 Å². The molecular weight excluding hydrogens is 204 g/mol. The molecule has 0 amide bonds. The Bertz CT molecular complexity index is 247. The lowest BCUT2D eigenvalue weighted by atomic mass is 9.93. The first-order chi connectivity index (χ1) is 7.36. The Morgan fingerprint density at radius 2 is 1.73 bits per heavy atom. The van der Waals surface area contributed by atoms with Crippen LogP contribution in [0.25, 0.3) is 0 Å². The van der Waals surface area contributed by atoms with Gasteiger partial charge in [-0.3, -0.25) is 4.79 Å². The van der Waals surface area contributed by atoms with Crippen LogP contribution in [-0.4, -0.2) is 17.3 Å². The summed E-state index contributed by atoms with van der Waals surface area (Å²) in [5.74, 6) is 6.12. The van der Waals surface area contributed by atoms with Crippen molar-refractivity contribution in [2.75, 3.05) is 11.5 Å². The molecule has 1 aliphatic heterocycles. The van der Waals surface area contributed by atoms with Gasteiger partial charge in [-0.25, -0.2) is 0 Å². The summed E-state index contributed by atoms with van der Waals surface area (Å²) in [6.45, 7) is 0. The van der Waals surface area contributed by atoms with Crippen LogP contribution in [0, 0.1) is 23.7 Å². The third-order valence-corrected chi connectivity index (χ3v) is 5.66. The van der Waals surface area contributed by atoms with Crippen molar-refractivity contribution in [3.63, 3.8) is 0 Å². The molecular formula is C13H20OS. The Kier molecular flexibility index (Phi) is 2.80. The van der Waals surface area contributed by atoms with Crippen molar-refractivity contribution in [2.24, 2.45) is 23.7 Å². The molecule has 0 spiro atoms. The van der Waals surface area contributed by atoms with Gasteiger partial charge in [0.05, 0.1) is 0 Å². The van der Waals surface area contributed by atoms with E-state index in [2.05, 4.69) is 11.8 Å². The smallest absolute Gasteiger partial charge is 0.136 e. The predicted octanol–water partition coefficient (Wildman–Crippen LogP) is 3.13. The van der Waals surface area contributed by atoms with Gasteiger partial charge in [-0.2, -0.15) is 11.8 Å². The van der Waals surface area contributed by atoms with Crippen molar-refractivity contribution >= 4 is 17.5 Å². The molecule has 3 rings (SSSR count). The summed E-state index contributed by atoms with van der Waals surface area (Å²) >= 11 is 2.06. The van der Waals surface area contributed by atoms with Crippen LogP contribution in [-0.2, 0) is 4.79 Å². The summed E-state index contributed by atoms with van der Waals surface area (Å²) < 4.78 is 0. The Labute approximate surface area is 96.4 Å². The molecule has 84 valence electrons. The average Bonchev–Trinajstić information content (AvgIpc) is 2.75. The van der Waals surface area contributed by atoms with E-state index in [1.54, 1.807) is 0 Å². The minimum Gasteiger partial charge on any atom is -0.299 e. The van der Waals surface area contributed by atoms with Crippen molar-refractivity contribution in [1.29, 1.82) is 0 Å². The maximum absolute atomic E-state index is 12.1. The topological polar surface area (TPSA) is 17.1 Å². The van der Waals surface area contributed by atoms with E-state index in [4.69, 9.17) is 0 Å². The van der Waals surface area contributed by atoms with Crippen molar-refractivity contribution in [2.45, 2.75) is 38.5 Å². The van der Waals surface area contributed by atoms with Crippen LogP contribution in [0.15, 0.2) is 0 Å². The Balaban J connectivity index is 1.49. The number of fused-ring (bicyclic) bond motifs is 1. The molecule has 1 nitrogen and oxygen atoms in total. The van der Waals surface area contributed by atoms with Gasteiger partial charge in [-0.1, -0.05) is 6.42 Å². The first-order valence-electron chi connectivity index (χ1n) is 6.46. The van der Waals surface area contributed by atoms with Crippen LogP contribution in [0.4, 0.5) is 0 Å². The van der Waals surface area contributed by atoms with Crippen LogP contribution in [0.5, 0.6) is 0 Å². The summed E-state index contributed by atoms with van der Waals surface area (Å²) in [6, 6.07) is 0. The normalized spacial score (nSPS) is 40.1. The first kappa shape index (κ1) is 10.2. The highest BCUT2D eigenvalue weighted by Crippen LogP contribution is 2.58. The fourth-order valence-electron chi connectivity index (χ4n) is 3.67. The summed E-state index contributed by atoms with van der Waals surface area (Å²) in [6.07, 6.45) is 7.58. The highest BCUT2D eigenvalue weighted by molar-refractivity contribution is 7.99. The number of rotatable bonds is 3. The minimum atomic E-state index is 0.522. The number of hydrogen-bond acceptors (Lipinski definition) is 2. The molecule has 0 bridgehead atoms. The summed E-state index contributed by atoms with van der Waals surface area (Å²) in [7, 11) is 0. The van der Waals surface area contributed by atoms with Gasteiger partial charge in [-0.05, 0) is 54.9 Å². The average molecular weight is 224 g/mol. The Hall–Kier alpha value is 0.0200. The maximum Gasteiger partial charge on any atom is 0.136 e. The van der Waals surface area contributed by atoms with Gasteiger partial charge in [0, 0.05) is 12.3 Å². The summed E-state index contributed by atoms with van der Waals surface area (Å²) in [5.41, 5.74) is 0. The highest BCUT2D eigenvalue weighted by Gasteiger charge is 2.55. The number of hydrogen-bond donors (Lipinski definition) is 0. The lowest BCUT2D eigenvalue weighted by Crippen LogP contribution is -2.16. The van der Waals surface area contributed by atoms with Crippen molar-refractivity contribution in [3.8, 4) is 0 Å². The summed E-state index contributed by atoms with van der Waals surface area (Å²) in [4.78, 5) is 12.1. The molecule has 0 N–H and O–H groups in total. The molecule has 2 atom stereocenters. The van der Waals surface area contributed by atoms with Gasteiger partial charge in [0.1, 0.15) is 5.78 Å². The molecule has 2 saturated carbocycles. The monoisotopic (exact) mass is 224 g/mol. The molecule has 1 heterocycles. The SMILES string of the molecule is O=C(CC1CCSCC1)C1C2CCCC21. The second kappa shape index (κ2) is 4.12. The molecule has 0 aromatic heterocycles. The van der Waals surface area contributed by atoms with Gasteiger partial charge in [0.25, 0.3) is 0 Å². The number of thioether (sulfide) groups is 1. The Morgan fingerprint density at radius 1 is 1.07 bits per heavy atom. The van der Waals surface area contributed by atoms with Crippen LogP contribution in [0.3, 0.4) is 0 Å². The van der Waals surface area contributed by atoms with Crippen LogP contribution < -0.4 is 0 Å². The zero-order valence-electron chi connectivity index (χ0n) is 9.28. The number of carbonyl (C=O) groups excluding carboxylic acids is 1. The van der Waals surface area contributed by atoms with Crippen LogP contribution >= 0.6 is 11.8 Å². The van der Waals surface area contributed by atoms with E-state index in [-0.39, 0.29) is 0 Å². The van der Waals surface area contributed by atoms with Gasteiger partial charge in [-0.15, -0.1) is 0 Å². The number of ketones is 1. The minimum absolute atomic E-state index is 0.522. The van der Waals surface area contributed by atoms with E-state index in [1.165, 1.54) is 43.6 Å². The largest absolute Gasteiger partial charge is 0.299 e. The van der Waals surface area contributed by atoms with Crippen LogP contribution in [0.2, 0.25) is 0 Å². The van der Waals surface area contributed by atoms with Crippen molar-refractivity contribution < 1.29 is 4.79 Å². The number of Topliss-reactive ketones (excluding diaryl/α,β-unsaturated/α-hetero) is 1. The second-order valence-corrected chi connectivity index (χ2v) is 6.74. The van der Waals surface area contributed by atoms with E-state index in [1.807, 2.05) is 0 Å². The molecule has 15 heavy (non-hydrogen) atoms. The first-order valence-corrected chi connectivity index (χ1v) is 7.62. The fraction of sp³-hybridized carbons (Fsp3) is 0.923. The van der Waals surface area contributed by atoms with Gasteiger partial charge >= 0.3 is 0 Å².